The number of rotatable bonds is 5. The average molecular weight is 325 g/mol. The van der Waals surface area contributed by atoms with E-state index in [1.165, 1.54) is 5.56 Å². The van der Waals surface area contributed by atoms with Gasteiger partial charge in [-0.1, -0.05) is 48.6 Å². The molecule has 1 fully saturated rings. The van der Waals surface area contributed by atoms with Gasteiger partial charge in [0.05, 0.1) is 13.2 Å². The molecule has 0 bridgehead atoms. The fourth-order valence-corrected chi connectivity index (χ4v) is 3.06. The summed E-state index contributed by atoms with van der Waals surface area (Å²) in [6.45, 7) is 10.1. The van der Waals surface area contributed by atoms with Crippen molar-refractivity contribution in [3.8, 4) is 11.1 Å². The van der Waals surface area contributed by atoms with Gasteiger partial charge in [-0.05, 0) is 36.1 Å². The molecule has 0 saturated carbocycles. The van der Waals surface area contributed by atoms with Gasteiger partial charge in [0.15, 0.2) is 0 Å². The van der Waals surface area contributed by atoms with E-state index in [9.17, 15) is 4.39 Å². The van der Waals surface area contributed by atoms with E-state index in [2.05, 4.69) is 11.5 Å². The summed E-state index contributed by atoms with van der Waals surface area (Å²) in [4.78, 5) is 2.30. The van der Waals surface area contributed by atoms with Crippen LogP contribution in [-0.2, 0) is 17.7 Å². The Bertz CT molecular complexity index is 702. The van der Waals surface area contributed by atoms with Gasteiger partial charge in [-0.25, -0.2) is 4.39 Å². The Morgan fingerprint density at radius 3 is 2.38 bits per heavy atom. The van der Waals surface area contributed by atoms with Crippen molar-refractivity contribution >= 4 is 0 Å². The minimum Gasteiger partial charge on any atom is -0.379 e. The lowest BCUT2D eigenvalue weighted by Crippen LogP contribution is -2.35. The lowest BCUT2D eigenvalue weighted by molar-refractivity contribution is 0.0341. The molecule has 1 saturated heterocycles. The summed E-state index contributed by atoms with van der Waals surface area (Å²) in [6.07, 6.45) is 0.862. The highest BCUT2D eigenvalue weighted by molar-refractivity contribution is 5.64. The van der Waals surface area contributed by atoms with E-state index in [-0.39, 0.29) is 5.82 Å². The number of benzene rings is 2. The molecule has 2 aromatic rings. The molecule has 0 atom stereocenters. The molecule has 0 spiro atoms. The molecule has 2 nitrogen and oxygen atoms in total. The van der Waals surface area contributed by atoms with Crippen LogP contribution in [0.2, 0.25) is 0 Å². The maximum absolute atomic E-state index is 14.5. The van der Waals surface area contributed by atoms with Crippen LogP contribution in [0.15, 0.2) is 54.6 Å². The van der Waals surface area contributed by atoms with Crippen molar-refractivity contribution in [1.82, 2.24) is 4.90 Å². The summed E-state index contributed by atoms with van der Waals surface area (Å²) in [5.41, 5.74) is 4.91. The normalized spacial score (nSPS) is 15.4. The lowest BCUT2D eigenvalue weighted by atomic mass is 9.99. The standard InChI is InChI=1S/C21H24FNO/c1-16(2)13-17-3-6-19(7-4-17)20-8-5-18(14-21(20)22)15-23-9-11-24-12-10-23/h3-8,14H,1,9-13,15H2,2H3. The summed E-state index contributed by atoms with van der Waals surface area (Å²) in [6, 6.07) is 13.6. The molecule has 24 heavy (non-hydrogen) atoms. The number of morpholine rings is 1. The van der Waals surface area contributed by atoms with Crippen molar-refractivity contribution in [2.75, 3.05) is 26.3 Å². The van der Waals surface area contributed by atoms with Gasteiger partial charge in [0.2, 0.25) is 0 Å². The Morgan fingerprint density at radius 1 is 1.08 bits per heavy atom. The molecule has 0 radical (unpaired) electrons. The minimum absolute atomic E-state index is 0.159. The van der Waals surface area contributed by atoms with Gasteiger partial charge in [0, 0.05) is 25.2 Å². The summed E-state index contributed by atoms with van der Waals surface area (Å²) < 4.78 is 19.9. The molecule has 3 heteroatoms. The first kappa shape index (κ1) is 16.9. The van der Waals surface area contributed by atoms with Crippen molar-refractivity contribution in [3.63, 3.8) is 0 Å². The fraction of sp³-hybridized carbons (Fsp3) is 0.333. The van der Waals surface area contributed by atoms with E-state index in [1.54, 1.807) is 6.07 Å². The Morgan fingerprint density at radius 2 is 1.75 bits per heavy atom. The first-order valence-corrected chi connectivity index (χ1v) is 8.44. The molecule has 0 aromatic heterocycles. The molecule has 3 rings (SSSR count). The largest absolute Gasteiger partial charge is 0.379 e. The highest BCUT2D eigenvalue weighted by Gasteiger charge is 2.12. The smallest absolute Gasteiger partial charge is 0.131 e. The Hall–Kier alpha value is -1.97. The van der Waals surface area contributed by atoms with Crippen LogP contribution in [0, 0.1) is 5.82 Å². The quantitative estimate of drug-likeness (QED) is 0.753. The van der Waals surface area contributed by atoms with Crippen LogP contribution >= 0.6 is 0 Å². The maximum Gasteiger partial charge on any atom is 0.131 e. The van der Waals surface area contributed by atoms with Crippen LogP contribution in [0.5, 0.6) is 0 Å². The number of allylic oxidation sites excluding steroid dienone is 1. The summed E-state index contributed by atoms with van der Waals surface area (Å²) >= 11 is 0. The lowest BCUT2D eigenvalue weighted by Gasteiger charge is -2.26. The van der Waals surface area contributed by atoms with Crippen molar-refractivity contribution in [2.45, 2.75) is 19.9 Å². The molecule has 0 unspecified atom stereocenters. The SMILES string of the molecule is C=C(C)Cc1ccc(-c2ccc(CN3CCOCC3)cc2F)cc1. The second-order valence-electron chi connectivity index (χ2n) is 6.53. The van der Waals surface area contributed by atoms with E-state index < -0.39 is 0 Å². The molecule has 1 aliphatic rings. The second-order valence-corrected chi connectivity index (χ2v) is 6.53. The molecule has 0 amide bonds. The van der Waals surface area contributed by atoms with E-state index >= 15 is 0 Å². The van der Waals surface area contributed by atoms with Crippen molar-refractivity contribution in [3.05, 3.63) is 71.6 Å². The summed E-state index contributed by atoms with van der Waals surface area (Å²) in [7, 11) is 0. The molecule has 0 N–H and O–H groups in total. The average Bonchev–Trinajstić information content (AvgIpc) is 2.56. The van der Waals surface area contributed by atoms with Gasteiger partial charge in [-0.15, -0.1) is 0 Å². The van der Waals surface area contributed by atoms with Crippen LogP contribution in [-0.4, -0.2) is 31.2 Å². The van der Waals surface area contributed by atoms with Crippen LogP contribution < -0.4 is 0 Å². The minimum atomic E-state index is -0.159. The number of hydrogen-bond acceptors (Lipinski definition) is 2. The molecule has 1 heterocycles. The summed E-state index contributed by atoms with van der Waals surface area (Å²) in [5, 5.41) is 0. The third-order valence-electron chi connectivity index (χ3n) is 4.31. The van der Waals surface area contributed by atoms with Gasteiger partial charge in [-0.3, -0.25) is 4.90 Å². The molecule has 2 aromatic carbocycles. The van der Waals surface area contributed by atoms with Crippen LogP contribution in [0.25, 0.3) is 11.1 Å². The third kappa shape index (κ3) is 4.31. The Kier molecular flexibility index (Phi) is 5.44. The number of halogens is 1. The molecular formula is C21H24FNO. The van der Waals surface area contributed by atoms with Gasteiger partial charge in [0.25, 0.3) is 0 Å². The third-order valence-corrected chi connectivity index (χ3v) is 4.31. The summed E-state index contributed by atoms with van der Waals surface area (Å²) in [5.74, 6) is -0.159. The van der Waals surface area contributed by atoms with Gasteiger partial charge < -0.3 is 4.74 Å². The molecular weight excluding hydrogens is 301 g/mol. The van der Waals surface area contributed by atoms with Gasteiger partial charge in [-0.2, -0.15) is 0 Å². The van der Waals surface area contributed by atoms with E-state index in [0.717, 1.165) is 56.0 Å². The maximum atomic E-state index is 14.5. The van der Waals surface area contributed by atoms with Gasteiger partial charge in [0.1, 0.15) is 5.82 Å². The van der Waals surface area contributed by atoms with Crippen molar-refractivity contribution in [2.24, 2.45) is 0 Å². The Labute approximate surface area is 143 Å². The van der Waals surface area contributed by atoms with Crippen molar-refractivity contribution < 1.29 is 9.13 Å². The zero-order chi connectivity index (χ0) is 16.9. The second kappa shape index (κ2) is 7.73. The predicted molar refractivity (Wildman–Crippen MR) is 96.5 cm³/mol. The number of nitrogens with zero attached hydrogens (tertiary/aromatic N) is 1. The highest BCUT2D eigenvalue weighted by Crippen LogP contribution is 2.25. The van der Waals surface area contributed by atoms with E-state index in [0.29, 0.717) is 5.56 Å². The first-order chi connectivity index (χ1) is 11.6. The molecule has 126 valence electrons. The van der Waals surface area contributed by atoms with E-state index in [1.807, 2.05) is 43.3 Å². The molecule has 0 aliphatic carbocycles. The van der Waals surface area contributed by atoms with Crippen LogP contribution in [0.4, 0.5) is 4.39 Å². The molecule has 1 aliphatic heterocycles. The Balaban J connectivity index is 1.73. The van der Waals surface area contributed by atoms with Crippen LogP contribution in [0.3, 0.4) is 0 Å². The number of hydrogen-bond donors (Lipinski definition) is 0. The fourth-order valence-electron chi connectivity index (χ4n) is 3.06. The zero-order valence-corrected chi connectivity index (χ0v) is 14.2. The first-order valence-electron chi connectivity index (χ1n) is 8.44. The topological polar surface area (TPSA) is 12.5 Å². The van der Waals surface area contributed by atoms with Crippen LogP contribution in [0.1, 0.15) is 18.1 Å². The van der Waals surface area contributed by atoms with E-state index in [4.69, 9.17) is 4.74 Å². The monoisotopic (exact) mass is 325 g/mol. The van der Waals surface area contributed by atoms with Crippen molar-refractivity contribution in [1.29, 1.82) is 0 Å². The predicted octanol–water partition coefficient (Wildman–Crippen LogP) is 4.44. The van der Waals surface area contributed by atoms with Gasteiger partial charge >= 0.3 is 0 Å². The number of ether oxygens (including phenoxy) is 1. The highest BCUT2D eigenvalue weighted by atomic mass is 19.1. The zero-order valence-electron chi connectivity index (χ0n) is 14.2.